The van der Waals surface area contributed by atoms with Gasteiger partial charge in [0.05, 0.1) is 17.7 Å². The summed E-state index contributed by atoms with van der Waals surface area (Å²) >= 11 is 0. The molecule has 0 aliphatic carbocycles. The zero-order chi connectivity index (χ0) is 16.8. The van der Waals surface area contributed by atoms with Gasteiger partial charge in [-0.15, -0.1) is 0 Å². The van der Waals surface area contributed by atoms with E-state index in [1.54, 1.807) is 12.2 Å². The normalized spacial score (nSPS) is 14.0. The van der Waals surface area contributed by atoms with Crippen molar-refractivity contribution in [1.82, 2.24) is 14.5 Å². The van der Waals surface area contributed by atoms with E-state index in [0.29, 0.717) is 6.54 Å². The zero-order valence-electron chi connectivity index (χ0n) is 14.0. The molecular formula is C17H24N4O2. The predicted molar refractivity (Wildman–Crippen MR) is 92.5 cm³/mol. The number of fused-ring (bicyclic) bond motifs is 1. The van der Waals surface area contributed by atoms with Crippen molar-refractivity contribution in [3.8, 4) is 0 Å². The van der Waals surface area contributed by atoms with Crippen molar-refractivity contribution in [3.05, 3.63) is 42.6 Å². The summed E-state index contributed by atoms with van der Waals surface area (Å²) in [5.74, 6) is 0.957. The lowest BCUT2D eigenvalue weighted by Crippen LogP contribution is -2.12. The van der Waals surface area contributed by atoms with Gasteiger partial charge < -0.3 is 19.7 Å². The summed E-state index contributed by atoms with van der Waals surface area (Å²) in [5, 5.41) is 13.1. The number of anilines is 1. The van der Waals surface area contributed by atoms with Gasteiger partial charge in [-0.2, -0.15) is 0 Å². The van der Waals surface area contributed by atoms with E-state index < -0.39 is 0 Å². The highest BCUT2D eigenvalue weighted by Gasteiger charge is 2.05. The van der Waals surface area contributed by atoms with Gasteiger partial charge in [0, 0.05) is 19.8 Å². The monoisotopic (exact) mass is 316 g/mol. The van der Waals surface area contributed by atoms with Crippen LogP contribution in [0, 0.1) is 0 Å². The Bertz CT molecular complexity index is 704. The molecule has 0 saturated carbocycles. The molecule has 0 radical (unpaired) electrons. The van der Waals surface area contributed by atoms with Crippen LogP contribution in [-0.2, 0) is 11.8 Å². The van der Waals surface area contributed by atoms with Gasteiger partial charge >= 0.3 is 0 Å². The van der Waals surface area contributed by atoms with Crippen LogP contribution in [0.15, 0.2) is 42.6 Å². The Morgan fingerprint density at radius 3 is 2.91 bits per heavy atom. The van der Waals surface area contributed by atoms with Crippen molar-refractivity contribution < 1.29 is 9.84 Å². The lowest BCUT2D eigenvalue weighted by Gasteiger charge is -2.12. The van der Waals surface area contributed by atoms with Crippen molar-refractivity contribution in [2.75, 3.05) is 11.9 Å². The van der Waals surface area contributed by atoms with E-state index >= 15 is 0 Å². The highest BCUT2D eigenvalue weighted by atomic mass is 16.5. The van der Waals surface area contributed by atoms with Crippen LogP contribution in [0.5, 0.6) is 0 Å². The van der Waals surface area contributed by atoms with Crippen LogP contribution < -0.4 is 5.32 Å². The van der Waals surface area contributed by atoms with E-state index in [2.05, 4.69) is 15.3 Å². The number of aryl methyl sites for hydroxylation is 1. The summed E-state index contributed by atoms with van der Waals surface area (Å²) in [5.41, 5.74) is 1.86. The average molecular weight is 316 g/mol. The minimum Gasteiger partial charge on any atom is -0.508 e. The van der Waals surface area contributed by atoms with E-state index in [9.17, 15) is 5.11 Å². The number of allylic oxidation sites excluding steroid dienone is 1. The first-order valence-corrected chi connectivity index (χ1v) is 7.70. The Morgan fingerprint density at radius 2 is 2.17 bits per heavy atom. The van der Waals surface area contributed by atoms with Crippen molar-refractivity contribution in [3.63, 3.8) is 0 Å². The molecule has 0 fully saturated rings. The molecule has 0 aliphatic heterocycles. The fourth-order valence-corrected chi connectivity index (χ4v) is 2.35. The molecule has 0 saturated heterocycles. The number of ether oxygens (including phenoxy) is 1. The van der Waals surface area contributed by atoms with Crippen LogP contribution >= 0.6 is 0 Å². The number of hydrogen-bond acceptors (Lipinski definition) is 5. The number of aliphatic hydroxyl groups is 1. The third-order valence-electron chi connectivity index (χ3n) is 3.23. The molecule has 0 bridgehead atoms. The van der Waals surface area contributed by atoms with Gasteiger partial charge in [0.25, 0.3) is 0 Å². The number of aliphatic hydroxyl groups excluding tert-OH is 1. The van der Waals surface area contributed by atoms with Crippen LogP contribution in [0.3, 0.4) is 0 Å². The summed E-state index contributed by atoms with van der Waals surface area (Å²) < 4.78 is 7.52. The SMILES string of the molecule is CC(C)OC(C)/C=C(O)\C=C/CNc1ncnc2ccn(C)c12. The van der Waals surface area contributed by atoms with E-state index in [4.69, 9.17) is 4.74 Å². The summed E-state index contributed by atoms with van der Waals surface area (Å²) in [4.78, 5) is 8.49. The van der Waals surface area contributed by atoms with Crippen molar-refractivity contribution in [1.29, 1.82) is 0 Å². The number of rotatable bonds is 7. The number of nitrogens with zero attached hydrogens (tertiary/aromatic N) is 3. The summed E-state index contributed by atoms with van der Waals surface area (Å²) in [6, 6.07) is 1.95. The second-order valence-electron chi connectivity index (χ2n) is 5.65. The van der Waals surface area contributed by atoms with Crippen LogP contribution in [0.25, 0.3) is 11.0 Å². The Morgan fingerprint density at radius 1 is 1.39 bits per heavy atom. The predicted octanol–water partition coefficient (Wildman–Crippen LogP) is 3.19. The van der Waals surface area contributed by atoms with Gasteiger partial charge in [0.1, 0.15) is 17.6 Å². The fourth-order valence-electron chi connectivity index (χ4n) is 2.35. The second-order valence-corrected chi connectivity index (χ2v) is 5.65. The van der Waals surface area contributed by atoms with E-state index in [-0.39, 0.29) is 18.0 Å². The minimum atomic E-state index is -0.127. The quantitative estimate of drug-likeness (QED) is 0.606. The summed E-state index contributed by atoms with van der Waals surface area (Å²) in [6.07, 6.45) is 8.65. The minimum absolute atomic E-state index is 0.127. The molecule has 6 nitrogen and oxygen atoms in total. The van der Waals surface area contributed by atoms with Gasteiger partial charge in [-0.1, -0.05) is 6.08 Å². The Kier molecular flexibility index (Phi) is 5.76. The summed E-state index contributed by atoms with van der Waals surface area (Å²) in [7, 11) is 1.96. The van der Waals surface area contributed by atoms with E-state index in [0.717, 1.165) is 16.9 Å². The van der Waals surface area contributed by atoms with Crippen molar-refractivity contribution in [2.45, 2.75) is 33.0 Å². The van der Waals surface area contributed by atoms with Crippen LogP contribution in [0.1, 0.15) is 20.8 Å². The van der Waals surface area contributed by atoms with E-state index in [1.165, 1.54) is 6.33 Å². The molecule has 2 aromatic heterocycles. The van der Waals surface area contributed by atoms with Gasteiger partial charge in [0.2, 0.25) is 0 Å². The van der Waals surface area contributed by atoms with Gasteiger partial charge in [-0.05, 0) is 39.0 Å². The Hall–Kier alpha value is -2.34. The van der Waals surface area contributed by atoms with Crippen molar-refractivity contribution >= 4 is 16.9 Å². The molecule has 2 rings (SSSR count). The largest absolute Gasteiger partial charge is 0.508 e. The zero-order valence-corrected chi connectivity index (χ0v) is 14.0. The third-order valence-corrected chi connectivity index (χ3v) is 3.23. The molecule has 0 aromatic carbocycles. The molecule has 0 amide bonds. The first-order chi connectivity index (χ1) is 11.0. The first-order valence-electron chi connectivity index (χ1n) is 7.70. The third kappa shape index (κ3) is 4.82. The highest BCUT2D eigenvalue weighted by Crippen LogP contribution is 2.18. The second kappa shape index (κ2) is 7.78. The smallest absolute Gasteiger partial charge is 0.154 e. The maximum atomic E-state index is 9.85. The molecule has 0 aliphatic rings. The lowest BCUT2D eigenvalue weighted by atomic mass is 10.3. The Balaban J connectivity index is 1.93. The maximum absolute atomic E-state index is 9.85. The van der Waals surface area contributed by atoms with Gasteiger partial charge in [-0.3, -0.25) is 0 Å². The molecular weight excluding hydrogens is 292 g/mol. The molecule has 0 spiro atoms. The maximum Gasteiger partial charge on any atom is 0.154 e. The first kappa shape index (κ1) is 17.0. The molecule has 6 heteroatoms. The highest BCUT2D eigenvalue weighted by molar-refractivity contribution is 5.86. The van der Waals surface area contributed by atoms with Gasteiger partial charge in [-0.25, -0.2) is 9.97 Å². The number of nitrogens with one attached hydrogen (secondary N) is 1. The molecule has 1 unspecified atom stereocenters. The number of hydrogen-bond donors (Lipinski definition) is 2. The Labute approximate surface area is 136 Å². The fraction of sp³-hybridized carbons (Fsp3) is 0.412. The van der Waals surface area contributed by atoms with Crippen LogP contribution in [-0.4, -0.2) is 38.4 Å². The van der Waals surface area contributed by atoms with Crippen LogP contribution in [0.4, 0.5) is 5.82 Å². The standard InChI is InChI=1S/C17H24N4O2/c1-12(2)23-13(3)10-14(22)6-5-8-18-17-16-15(19-11-20-17)7-9-21(16)4/h5-7,9-13,22H,8H2,1-4H3,(H,18,19,20)/b6-5-,14-10+. The molecule has 124 valence electrons. The summed E-state index contributed by atoms with van der Waals surface area (Å²) in [6.45, 7) is 6.38. The van der Waals surface area contributed by atoms with Crippen molar-refractivity contribution in [2.24, 2.45) is 7.05 Å². The molecule has 2 aromatic rings. The van der Waals surface area contributed by atoms with Crippen LogP contribution in [0.2, 0.25) is 0 Å². The van der Waals surface area contributed by atoms with E-state index in [1.807, 2.05) is 50.7 Å². The molecule has 2 N–H and O–H groups in total. The topological polar surface area (TPSA) is 72.2 Å². The molecule has 23 heavy (non-hydrogen) atoms. The molecule has 2 heterocycles. The number of aromatic nitrogens is 3. The lowest BCUT2D eigenvalue weighted by molar-refractivity contribution is 0.0446. The molecule has 1 atom stereocenters. The van der Waals surface area contributed by atoms with Gasteiger partial charge in [0.15, 0.2) is 5.82 Å². The average Bonchev–Trinajstić information content (AvgIpc) is 2.85.